The number of hydrogen-bond acceptors (Lipinski definition) is 4. The molecule has 0 spiro atoms. The highest BCUT2D eigenvalue weighted by atomic mass is 32.2. The van der Waals surface area contributed by atoms with E-state index in [9.17, 15) is 8.42 Å². The SMILES string of the molecule is CCCNCC1(C2CCS(=O)(=O)C2)CCOCC1. The van der Waals surface area contributed by atoms with Crippen molar-refractivity contribution in [1.29, 1.82) is 0 Å². The molecular weight excluding hydrogens is 250 g/mol. The molecule has 2 heterocycles. The van der Waals surface area contributed by atoms with E-state index in [-0.39, 0.29) is 5.41 Å². The molecule has 0 aromatic heterocycles. The average Bonchev–Trinajstić information content (AvgIpc) is 2.72. The molecule has 2 aliphatic heterocycles. The molecule has 0 saturated carbocycles. The van der Waals surface area contributed by atoms with Crippen LogP contribution in [0.25, 0.3) is 0 Å². The van der Waals surface area contributed by atoms with Crippen molar-refractivity contribution in [2.75, 3.05) is 37.8 Å². The molecule has 2 fully saturated rings. The standard InChI is InChI=1S/C13H25NO3S/c1-2-6-14-11-13(4-7-17-8-5-13)12-3-9-18(15,16)10-12/h12,14H,2-11H2,1H3. The summed E-state index contributed by atoms with van der Waals surface area (Å²) in [6, 6.07) is 0. The highest BCUT2D eigenvalue weighted by molar-refractivity contribution is 7.91. The van der Waals surface area contributed by atoms with Crippen LogP contribution in [-0.2, 0) is 14.6 Å². The van der Waals surface area contributed by atoms with Gasteiger partial charge in [0.1, 0.15) is 0 Å². The van der Waals surface area contributed by atoms with Gasteiger partial charge < -0.3 is 10.1 Å². The number of sulfone groups is 1. The Hall–Kier alpha value is -0.130. The van der Waals surface area contributed by atoms with Crippen molar-refractivity contribution < 1.29 is 13.2 Å². The summed E-state index contributed by atoms with van der Waals surface area (Å²) >= 11 is 0. The van der Waals surface area contributed by atoms with Crippen molar-refractivity contribution in [1.82, 2.24) is 5.32 Å². The summed E-state index contributed by atoms with van der Waals surface area (Å²) in [5.41, 5.74) is 0.150. The van der Waals surface area contributed by atoms with E-state index in [4.69, 9.17) is 4.74 Å². The van der Waals surface area contributed by atoms with Gasteiger partial charge in [0.2, 0.25) is 0 Å². The summed E-state index contributed by atoms with van der Waals surface area (Å²) in [5.74, 6) is 1.10. The van der Waals surface area contributed by atoms with E-state index in [1.54, 1.807) is 0 Å². The van der Waals surface area contributed by atoms with Gasteiger partial charge in [0.15, 0.2) is 9.84 Å². The summed E-state index contributed by atoms with van der Waals surface area (Å²) in [4.78, 5) is 0. The zero-order valence-corrected chi connectivity index (χ0v) is 12.1. The first-order valence-corrected chi connectivity index (χ1v) is 8.89. The van der Waals surface area contributed by atoms with Crippen LogP contribution in [0.5, 0.6) is 0 Å². The Morgan fingerprint density at radius 1 is 1.33 bits per heavy atom. The normalized spacial score (nSPS) is 30.4. The topological polar surface area (TPSA) is 55.4 Å². The Morgan fingerprint density at radius 3 is 2.61 bits per heavy atom. The molecule has 1 N–H and O–H groups in total. The van der Waals surface area contributed by atoms with Gasteiger partial charge in [-0.1, -0.05) is 6.92 Å². The summed E-state index contributed by atoms with van der Waals surface area (Å²) < 4.78 is 28.9. The van der Waals surface area contributed by atoms with Crippen molar-refractivity contribution in [3.05, 3.63) is 0 Å². The second-order valence-electron chi connectivity index (χ2n) is 5.75. The molecule has 0 bridgehead atoms. The van der Waals surface area contributed by atoms with Gasteiger partial charge in [-0.05, 0) is 43.6 Å². The highest BCUT2D eigenvalue weighted by Crippen LogP contribution is 2.43. The Kier molecular flexibility index (Phi) is 4.67. The fourth-order valence-electron chi connectivity index (χ4n) is 3.30. The maximum atomic E-state index is 11.7. The predicted molar refractivity (Wildman–Crippen MR) is 72.4 cm³/mol. The molecule has 0 radical (unpaired) electrons. The number of nitrogens with one attached hydrogen (secondary N) is 1. The predicted octanol–water partition coefficient (Wildman–Crippen LogP) is 1.22. The van der Waals surface area contributed by atoms with Gasteiger partial charge in [-0.15, -0.1) is 0 Å². The lowest BCUT2D eigenvalue weighted by atomic mass is 9.69. The average molecular weight is 275 g/mol. The third-order valence-electron chi connectivity index (χ3n) is 4.49. The van der Waals surface area contributed by atoms with Crippen molar-refractivity contribution in [2.24, 2.45) is 11.3 Å². The van der Waals surface area contributed by atoms with E-state index < -0.39 is 9.84 Å². The Morgan fingerprint density at radius 2 is 2.06 bits per heavy atom. The summed E-state index contributed by atoms with van der Waals surface area (Å²) in [6.45, 7) is 5.69. The van der Waals surface area contributed by atoms with Gasteiger partial charge >= 0.3 is 0 Å². The molecule has 0 amide bonds. The smallest absolute Gasteiger partial charge is 0.150 e. The molecule has 0 aromatic carbocycles. The van der Waals surface area contributed by atoms with E-state index >= 15 is 0 Å². The summed E-state index contributed by atoms with van der Waals surface area (Å²) in [7, 11) is -2.78. The van der Waals surface area contributed by atoms with Gasteiger partial charge in [-0.3, -0.25) is 0 Å². The van der Waals surface area contributed by atoms with E-state index in [0.29, 0.717) is 17.4 Å². The van der Waals surface area contributed by atoms with Crippen LogP contribution >= 0.6 is 0 Å². The maximum absolute atomic E-state index is 11.7. The van der Waals surface area contributed by atoms with Crippen LogP contribution in [0, 0.1) is 11.3 Å². The number of rotatable bonds is 5. The van der Waals surface area contributed by atoms with Crippen LogP contribution in [0.1, 0.15) is 32.6 Å². The van der Waals surface area contributed by atoms with Crippen molar-refractivity contribution in [3.8, 4) is 0 Å². The third kappa shape index (κ3) is 3.25. The molecule has 2 saturated heterocycles. The van der Waals surface area contributed by atoms with Gasteiger partial charge in [-0.2, -0.15) is 0 Å². The molecule has 1 unspecified atom stereocenters. The molecule has 1 atom stereocenters. The lowest BCUT2D eigenvalue weighted by molar-refractivity contribution is -0.0122. The minimum atomic E-state index is -2.78. The molecule has 0 aliphatic carbocycles. The summed E-state index contributed by atoms with van der Waals surface area (Å²) in [5, 5.41) is 3.50. The Labute approximate surface area is 110 Å². The molecular formula is C13H25NO3S. The first-order valence-electron chi connectivity index (χ1n) is 7.07. The van der Waals surface area contributed by atoms with E-state index in [2.05, 4.69) is 12.2 Å². The number of ether oxygens (including phenoxy) is 1. The molecule has 18 heavy (non-hydrogen) atoms. The van der Waals surface area contributed by atoms with Gasteiger partial charge in [-0.25, -0.2) is 8.42 Å². The van der Waals surface area contributed by atoms with Crippen LogP contribution < -0.4 is 5.32 Å². The fraction of sp³-hybridized carbons (Fsp3) is 1.00. The van der Waals surface area contributed by atoms with Crippen LogP contribution in [0.2, 0.25) is 0 Å². The molecule has 4 nitrogen and oxygen atoms in total. The molecule has 0 aromatic rings. The first kappa shape index (κ1) is 14.3. The van der Waals surface area contributed by atoms with Crippen LogP contribution in [0.4, 0.5) is 0 Å². The number of hydrogen-bond donors (Lipinski definition) is 1. The molecule has 2 rings (SSSR count). The molecule has 106 valence electrons. The van der Waals surface area contributed by atoms with Crippen LogP contribution in [0.15, 0.2) is 0 Å². The lowest BCUT2D eigenvalue weighted by Gasteiger charge is -2.42. The lowest BCUT2D eigenvalue weighted by Crippen LogP contribution is -2.45. The quantitative estimate of drug-likeness (QED) is 0.767. The van der Waals surface area contributed by atoms with Crippen molar-refractivity contribution >= 4 is 9.84 Å². The molecule has 2 aliphatic rings. The maximum Gasteiger partial charge on any atom is 0.150 e. The first-order chi connectivity index (χ1) is 8.58. The van der Waals surface area contributed by atoms with E-state index in [0.717, 1.165) is 52.0 Å². The Balaban J connectivity index is 2.04. The fourth-order valence-corrected chi connectivity index (χ4v) is 5.24. The molecule has 5 heteroatoms. The monoisotopic (exact) mass is 275 g/mol. The Bertz CT molecular complexity index is 360. The second-order valence-corrected chi connectivity index (χ2v) is 7.98. The van der Waals surface area contributed by atoms with Crippen molar-refractivity contribution in [3.63, 3.8) is 0 Å². The minimum Gasteiger partial charge on any atom is -0.381 e. The highest BCUT2D eigenvalue weighted by Gasteiger charge is 2.44. The van der Waals surface area contributed by atoms with E-state index in [1.807, 2.05) is 0 Å². The summed E-state index contributed by atoms with van der Waals surface area (Å²) in [6.07, 6.45) is 3.97. The van der Waals surface area contributed by atoms with Gasteiger partial charge in [0.05, 0.1) is 11.5 Å². The van der Waals surface area contributed by atoms with E-state index in [1.165, 1.54) is 0 Å². The zero-order valence-electron chi connectivity index (χ0n) is 11.3. The van der Waals surface area contributed by atoms with Crippen LogP contribution in [0.3, 0.4) is 0 Å². The second kappa shape index (κ2) is 5.88. The van der Waals surface area contributed by atoms with Gasteiger partial charge in [0, 0.05) is 19.8 Å². The third-order valence-corrected chi connectivity index (χ3v) is 6.26. The zero-order chi connectivity index (χ0) is 13.1. The van der Waals surface area contributed by atoms with Crippen LogP contribution in [-0.4, -0.2) is 46.2 Å². The minimum absolute atomic E-state index is 0.150. The largest absolute Gasteiger partial charge is 0.381 e. The van der Waals surface area contributed by atoms with Gasteiger partial charge in [0.25, 0.3) is 0 Å². The van der Waals surface area contributed by atoms with Crippen molar-refractivity contribution in [2.45, 2.75) is 32.6 Å².